The molecule has 0 fully saturated rings. The third-order valence-corrected chi connectivity index (χ3v) is 7.83. The molecule has 1 atom stereocenters. The molecule has 220 valence electrons. The number of rotatable bonds is 8. The predicted molar refractivity (Wildman–Crippen MR) is 166 cm³/mol. The van der Waals surface area contributed by atoms with Gasteiger partial charge < -0.3 is 4.74 Å². The maximum Gasteiger partial charge on any atom is 0.333 e. The van der Waals surface area contributed by atoms with Gasteiger partial charge in [-0.2, -0.15) is 0 Å². The molecule has 0 unspecified atom stereocenters. The number of imidazole rings is 1. The van der Waals surface area contributed by atoms with Gasteiger partial charge in [0.25, 0.3) is 0 Å². The zero-order valence-electron chi connectivity index (χ0n) is 24.1. The number of aryl methyl sites for hydroxylation is 1. The highest BCUT2D eigenvalue weighted by Crippen LogP contribution is 2.37. The van der Waals surface area contributed by atoms with Gasteiger partial charge in [0, 0.05) is 7.05 Å². The normalized spacial score (nSPS) is 12.3. The smallest absolute Gasteiger partial charge is 0.333 e. The van der Waals surface area contributed by atoms with Crippen molar-refractivity contribution in [1.82, 2.24) is 14.5 Å². The summed E-state index contributed by atoms with van der Waals surface area (Å²) in [6.07, 6.45) is 0. The molecular formula is C36H29F2N3O3. The quantitative estimate of drug-likeness (QED) is 0.125. The van der Waals surface area contributed by atoms with E-state index in [1.165, 1.54) is 29.8 Å². The molecule has 0 amide bonds. The molecule has 6 rings (SSSR count). The molecule has 6 aromatic rings. The lowest BCUT2D eigenvalue weighted by atomic mass is 9.76. The first kappa shape index (κ1) is 28.8. The fourth-order valence-electron chi connectivity index (χ4n) is 5.71. The summed E-state index contributed by atoms with van der Waals surface area (Å²) in [5.41, 5.74) is 1.25. The molecule has 6 nitrogen and oxygen atoms in total. The highest BCUT2D eigenvalue weighted by molar-refractivity contribution is 5.82. The largest absolute Gasteiger partial charge is 0.423 e. The van der Waals surface area contributed by atoms with Gasteiger partial charge in [0.15, 0.2) is 17.4 Å². The average Bonchev–Trinajstić information content (AvgIpc) is 3.32. The van der Waals surface area contributed by atoms with E-state index in [-0.39, 0.29) is 22.5 Å². The van der Waals surface area contributed by atoms with E-state index in [9.17, 15) is 14.0 Å². The molecular weight excluding hydrogens is 560 g/mol. The Morgan fingerprint density at radius 1 is 0.750 bits per heavy atom. The van der Waals surface area contributed by atoms with Crippen LogP contribution in [0, 0.1) is 11.6 Å². The van der Waals surface area contributed by atoms with Crippen LogP contribution in [0.3, 0.4) is 0 Å². The lowest BCUT2D eigenvalue weighted by Gasteiger charge is -2.38. The third kappa shape index (κ3) is 4.89. The van der Waals surface area contributed by atoms with Crippen molar-refractivity contribution in [3.05, 3.63) is 166 Å². The van der Waals surface area contributed by atoms with E-state index in [1.807, 2.05) is 91.0 Å². The number of hydrogen-bond donors (Lipinski definition) is 1. The monoisotopic (exact) mass is 589 g/mol. The lowest BCUT2D eigenvalue weighted by Crippen LogP contribution is -2.52. The number of ether oxygens (including phenoxy) is 1. The number of aromatic nitrogens is 2. The number of para-hydroxylation sites is 2. The zero-order valence-corrected chi connectivity index (χ0v) is 24.1. The molecule has 8 heteroatoms. The Balaban J connectivity index is 1.42. The molecule has 0 aliphatic heterocycles. The van der Waals surface area contributed by atoms with Gasteiger partial charge >= 0.3 is 11.7 Å². The van der Waals surface area contributed by atoms with Crippen LogP contribution in [0.1, 0.15) is 23.6 Å². The van der Waals surface area contributed by atoms with E-state index in [4.69, 9.17) is 4.74 Å². The summed E-state index contributed by atoms with van der Waals surface area (Å²) in [6, 6.07) is 37.2. The summed E-state index contributed by atoms with van der Waals surface area (Å²) < 4.78 is 37.5. The number of carbonyl (C=O) groups is 1. The molecule has 1 N–H and O–H groups in total. The second kappa shape index (κ2) is 11.7. The number of nitrogens with one attached hydrogen (secondary N) is 1. The van der Waals surface area contributed by atoms with E-state index < -0.39 is 34.9 Å². The van der Waals surface area contributed by atoms with Crippen LogP contribution in [0.5, 0.6) is 5.75 Å². The first-order chi connectivity index (χ1) is 21.3. The molecule has 0 bridgehead atoms. The summed E-state index contributed by atoms with van der Waals surface area (Å²) in [5, 5.41) is 3.56. The summed E-state index contributed by atoms with van der Waals surface area (Å²) in [6.45, 7) is 1.70. The molecule has 0 saturated carbocycles. The lowest BCUT2D eigenvalue weighted by molar-refractivity contribution is -0.136. The van der Waals surface area contributed by atoms with Gasteiger partial charge in [-0.25, -0.2) is 18.4 Å². The highest BCUT2D eigenvalue weighted by atomic mass is 19.2. The number of esters is 1. The number of fused-ring (bicyclic) bond motifs is 1. The van der Waals surface area contributed by atoms with E-state index >= 15 is 4.39 Å². The van der Waals surface area contributed by atoms with E-state index in [0.29, 0.717) is 0 Å². The van der Waals surface area contributed by atoms with Crippen molar-refractivity contribution in [3.8, 4) is 11.4 Å². The van der Waals surface area contributed by atoms with Gasteiger partial charge in [0.1, 0.15) is 11.6 Å². The first-order valence-corrected chi connectivity index (χ1v) is 14.1. The predicted octanol–water partition coefficient (Wildman–Crippen LogP) is 6.48. The minimum atomic E-state index is -1.17. The third-order valence-electron chi connectivity index (χ3n) is 7.83. The van der Waals surface area contributed by atoms with Crippen molar-refractivity contribution in [3.63, 3.8) is 0 Å². The molecule has 1 heterocycles. The van der Waals surface area contributed by atoms with Crippen molar-refractivity contribution in [2.45, 2.75) is 18.5 Å². The van der Waals surface area contributed by atoms with Crippen molar-refractivity contribution in [2.75, 3.05) is 0 Å². The van der Waals surface area contributed by atoms with Crippen LogP contribution in [0.15, 0.2) is 132 Å². The number of benzene rings is 5. The first-order valence-electron chi connectivity index (χ1n) is 14.1. The average molecular weight is 590 g/mol. The topological polar surface area (TPSA) is 65.3 Å². The van der Waals surface area contributed by atoms with Gasteiger partial charge in [0.2, 0.25) is 0 Å². The maximum absolute atomic E-state index is 15.1. The molecule has 0 aliphatic rings. The minimum Gasteiger partial charge on any atom is -0.423 e. The fraction of sp³-hybridized carbons (Fsp3) is 0.111. The number of halogens is 2. The molecule has 0 saturated heterocycles. The van der Waals surface area contributed by atoms with Gasteiger partial charge in [-0.05, 0) is 47.9 Å². The molecule has 0 spiro atoms. The van der Waals surface area contributed by atoms with Crippen molar-refractivity contribution in [2.24, 2.45) is 7.05 Å². The Bertz CT molecular complexity index is 1910. The minimum absolute atomic E-state index is 0.0224. The second-order valence-corrected chi connectivity index (χ2v) is 10.5. The van der Waals surface area contributed by atoms with Crippen molar-refractivity contribution in [1.29, 1.82) is 0 Å². The summed E-state index contributed by atoms with van der Waals surface area (Å²) in [4.78, 5) is 27.1. The number of carbonyl (C=O) groups excluding carboxylic acids is 1. The Hall–Kier alpha value is -5.34. The number of nitrogens with zero attached hydrogens (tertiary/aromatic N) is 2. The zero-order chi connectivity index (χ0) is 30.8. The van der Waals surface area contributed by atoms with E-state index in [2.05, 4.69) is 5.32 Å². The van der Waals surface area contributed by atoms with Gasteiger partial charge in [-0.1, -0.05) is 103 Å². The molecule has 44 heavy (non-hydrogen) atoms. The van der Waals surface area contributed by atoms with Gasteiger partial charge in [-0.15, -0.1) is 0 Å². The van der Waals surface area contributed by atoms with E-state index in [1.54, 1.807) is 19.1 Å². The van der Waals surface area contributed by atoms with Crippen molar-refractivity contribution >= 4 is 17.0 Å². The van der Waals surface area contributed by atoms with E-state index in [0.717, 1.165) is 27.3 Å². The Morgan fingerprint density at radius 2 is 1.25 bits per heavy atom. The highest BCUT2D eigenvalue weighted by Gasteiger charge is 2.39. The standard InChI is InChI=1S/C36H29F2N3O3/c1-24(39-36(25-14-6-3-7-15-25,26-16-8-4-9-17-26)27-18-10-5-11-19-27)34(42)44-31-21-13-12-20-29(31)41-33-30(40(2)35(41)43)23-22-28(37)32(33)38/h3-24,39H,1-2H3/t24-/m0/s1. The SMILES string of the molecule is C[C@H](NC(c1ccccc1)(c1ccccc1)c1ccccc1)C(=O)Oc1ccccc1-n1c(=O)n(C)c2ccc(F)c(F)c21. The number of hydrogen-bond acceptors (Lipinski definition) is 4. The van der Waals surface area contributed by atoms with Gasteiger partial charge in [-0.3, -0.25) is 14.5 Å². The Labute approximate surface area is 252 Å². The van der Waals surface area contributed by atoms with Crippen molar-refractivity contribution < 1.29 is 18.3 Å². The summed E-state index contributed by atoms with van der Waals surface area (Å²) in [5.74, 6) is -2.88. The van der Waals surface area contributed by atoms with Crippen LogP contribution in [0.25, 0.3) is 16.7 Å². The van der Waals surface area contributed by atoms with Crippen LogP contribution in [-0.2, 0) is 17.4 Å². The Morgan fingerprint density at radius 3 is 1.80 bits per heavy atom. The van der Waals surface area contributed by atoms with Crippen LogP contribution in [0.4, 0.5) is 8.78 Å². The molecule has 0 radical (unpaired) electrons. The molecule has 5 aromatic carbocycles. The summed E-state index contributed by atoms with van der Waals surface area (Å²) >= 11 is 0. The maximum atomic E-state index is 15.1. The molecule has 0 aliphatic carbocycles. The Kier molecular flexibility index (Phi) is 7.67. The van der Waals surface area contributed by atoms with Crippen LogP contribution in [0.2, 0.25) is 0 Å². The van der Waals surface area contributed by atoms with Crippen LogP contribution in [-0.4, -0.2) is 21.1 Å². The second-order valence-electron chi connectivity index (χ2n) is 10.5. The van der Waals surface area contributed by atoms with Crippen LogP contribution < -0.4 is 15.7 Å². The van der Waals surface area contributed by atoms with Crippen LogP contribution >= 0.6 is 0 Å². The fourth-order valence-corrected chi connectivity index (χ4v) is 5.71. The summed E-state index contributed by atoms with van der Waals surface area (Å²) in [7, 11) is 1.47. The molecule has 1 aromatic heterocycles. The van der Waals surface area contributed by atoms with Gasteiger partial charge in [0.05, 0.1) is 16.7 Å².